The Balaban J connectivity index is 1.68. The van der Waals surface area contributed by atoms with Crippen LogP contribution in [0.1, 0.15) is 24.1 Å². The molecule has 0 spiro atoms. The highest BCUT2D eigenvalue weighted by molar-refractivity contribution is 5.53. The van der Waals surface area contributed by atoms with Crippen molar-refractivity contribution in [2.75, 3.05) is 11.1 Å². The number of nitrogens with one attached hydrogen (secondary N) is 1. The first-order valence-corrected chi connectivity index (χ1v) is 7.62. The van der Waals surface area contributed by atoms with Crippen LogP contribution in [-0.4, -0.2) is 24.7 Å². The predicted octanol–water partition coefficient (Wildman–Crippen LogP) is 2.38. The van der Waals surface area contributed by atoms with Crippen molar-refractivity contribution in [1.82, 2.24) is 19.7 Å². The summed E-state index contributed by atoms with van der Waals surface area (Å²) in [6, 6.07) is 9.89. The van der Waals surface area contributed by atoms with Crippen LogP contribution in [0.5, 0.6) is 0 Å². The molecule has 1 atom stereocenters. The van der Waals surface area contributed by atoms with E-state index in [2.05, 4.69) is 20.4 Å². The molecule has 3 aromatic rings. The van der Waals surface area contributed by atoms with Gasteiger partial charge in [0.1, 0.15) is 6.20 Å². The number of nitrogens with zero attached hydrogens (tertiary/aromatic N) is 5. The maximum Gasteiger partial charge on any atom is 0.329 e. The van der Waals surface area contributed by atoms with Crippen molar-refractivity contribution >= 4 is 17.5 Å². The molecule has 0 aliphatic rings. The van der Waals surface area contributed by atoms with Gasteiger partial charge in [0.25, 0.3) is 0 Å². The summed E-state index contributed by atoms with van der Waals surface area (Å²) >= 11 is 0. The first-order valence-electron chi connectivity index (χ1n) is 7.62. The molecule has 128 valence electrons. The highest BCUT2D eigenvalue weighted by Gasteiger charge is 2.16. The number of nitro groups is 1. The fourth-order valence-electron chi connectivity index (χ4n) is 2.34. The minimum absolute atomic E-state index is 0.134. The van der Waals surface area contributed by atoms with Gasteiger partial charge in [-0.2, -0.15) is 10.1 Å². The SMILES string of the molecule is CC(Nc1ncc([N+](=O)[O-])c(N)n1)c1cnn(Cc2ccccc2)c1. The van der Waals surface area contributed by atoms with E-state index in [9.17, 15) is 10.1 Å². The van der Waals surface area contributed by atoms with Gasteiger partial charge in [-0.05, 0) is 12.5 Å². The smallest absolute Gasteiger partial charge is 0.329 e. The third kappa shape index (κ3) is 3.89. The van der Waals surface area contributed by atoms with Crippen LogP contribution in [0.15, 0.2) is 48.9 Å². The molecular formula is C16H17N7O2. The van der Waals surface area contributed by atoms with Gasteiger partial charge in [-0.3, -0.25) is 14.8 Å². The van der Waals surface area contributed by atoms with Gasteiger partial charge < -0.3 is 11.1 Å². The summed E-state index contributed by atoms with van der Waals surface area (Å²) in [5.74, 6) is 0.0564. The Labute approximate surface area is 143 Å². The normalized spacial score (nSPS) is 11.9. The number of nitrogens with two attached hydrogens (primary N) is 1. The van der Waals surface area contributed by atoms with E-state index in [0.717, 1.165) is 17.3 Å². The van der Waals surface area contributed by atoms with Crippen LogP contribution < -0.4 is 11.1 Å². The predicted molar refractivity (Wildman–Crippen MR) is 92.9 cm³/mol. The second-order valence-electron chi connectivity index (χ2n) is 5.54. The molecule has 9 nitrogen and oxygen atoms in total. The van der Waals surface area contributed by atoms with E-state index in [-0.39, 0.29) is 23.5 Å². The van der Waals surface area contributed by atoms with Gasteiger partial charge in [-0.15, -0.1) is 0 Å². The minimum atomic E-state index is -0.615. The Kier molecular flexibility index (Phi) is 4.55. The van der Waals surface area contributed by atoms with Gasteiger partial charge in [0.15, 0.2) is 0 Å². The lowest BCUT2D eigenvalue weighted by molar-refractivity contribution is -0.384. The van der Waals surface area contributed by atoms with Crippen molar-refractivity contribution in [3.8, 4) is 0 Å². The number of hydrogen-bond acceptors (Lipinski definition) is 7. The van der Waals surface area contributed by atoms with Crippen LogP contribution in [0.4, 0.5) is 17.5 Å². The van der Waals surface area contributed by atoms with Crippen molar-refractivity contribution in [2.24, 2.45) is 0 Å². The number of rotatable bonds is 6. The van der Waals surface area contributed by atoms with E-state index in [1.165, 1.54) is 0 Å². The Bertz CT molecular complexity index is 879. The summed E-state index contributed by atoms with van der Waals surface area (Å²) in [5, 5.41) is 18.2. The molecule has 0 aliphatic carbocycles. The van der Waals surface area contributed by atoms with E-state index in [4.69, 9.17) is 5.73 Å². The number of nitrogen functional groups attached to an aromatic ring is 1. The molecule has 0 aliphatic heterocycles. The Morgan fingerprint density at radius 1 is 1.32 bits per heavy atom. The van der Waals surface area contributed by atoms with Crippen LogP contribution in [0.3, 0.4) is 0 Å². The molecule has 1 unspecified atom stereocenters. The van der Waals surface area contributed by atoms with E-state index < -0.39 is 4.92 Å². The zero-order valence-electron chi connectivity index (χ0n) is 13.5. The summed E-state index contributed by atoms with van der Waals surface area (Å²) < 4.78 is 1.84. The standard InChI is InChI=1S/C16H17N7O2/c1-11(20-16-18-8-14(23(24)25)15(17)21-16)13-7-19-22(10-13)9-12-5-3-2-4-6-12/h2-8,10-11H,9H2,1H3,(H3,17,18,20,21). The molecule has 0 bridgehead atoms. The van der Waals surface area contributed by atoms with E-state index in [0.29, 0.717) is 6.54 Å². The molecule has 0 radical (unpaired) electrons. The monoisotopic (exact) mass is 339 g/mol. The molecule has 2 aromatic heterocycles. The van der Waals surface area contributed by atoms with E-state index in [1.54, 1.807) is 6.20 Å². The maximum absolute atomic E-state index is 10.7. The van der Waals surface area contributed by atoms with Crippen molar-refractivity contribution in [1.29, 1.82) is 0 Å². The summed E-state index contributed by atoms with van der Waals surface area (Å²) in [6.07, 6.45) is 4.78. The maximum atomic E-state index is 10.7. The third-order valence-corrected chi connectivity index (χ3v) is 3.68. The number of benzene rings is 1. The highest BCUT2D eigenvalue weighted by Crippen LogP contribution is 2.21. The second kappa shape index (κ2) is 6.95. The quantitative estimate of drug-likeness (QED) is 0.521. The molecule has 1 aromatic carbocycles. The summed E-state index contributed by atoms with van der Waals surface area (Å²) in [5.41, 5.74) is 7.36. The van der Waals surface area contributed by atoms with Gasteiger partial charge in [-0.25, -0.2) is 4.98 Å². The van der Waals surface area contributed by atoms with Gasteiger partial charge in [0.2, 0.25) is 11.8 Å². The first-order chi connectivity index (χ1) is 12.0. The lowest BCUT2D eigenvalue weighted by Gasteiger charge is -2.12. The lowest BCUT2D eigenvalue weighted by Crippen LogP contribution is -2.10. The van der Waals surface area contributed by atoms with Gasteiger partial charge >= 0.3 is 5.69 Å². The molecular weight excluding hydrogens is 322 g/mol. The summed E-state index contributed by atoms with van der Waals surface area (Å²) in [6.45, 7) is 2.60. The number of aromatic nitrogens is 4. The summed E-state index contributed by atoms with van der Waals surface area (Å²) in [7, 11) is 0. The Morgan fingerprint density at radius 2 is 2.08 bits per heavy atom. The van der Waals surface area contributed by atoms with Crippen LogP contribution in [0.2, 0.25) is 0 Å². The fourth-order valence-corrected chi connectivity index (χ4v) is 2.34. The van der Waals surface area contributed by atoms with Crippen molar-refractivity contribution in [2.45, 2.75) is 19.5 Å². The molecule has 25 heavy (non-hydrogen) atoms. The topological polar surface area (TPSA) is 125 Å². The van der Waals surface area contributed by atoms with Crippen LogP contribution in [-0.2, 0) is 6.54 Å². The molecule has 0 amide bonds. The molecule has 0 fully saturated rings. The average molecular weight is 339 g/mol. The van der Waals surface area contributed by atoms with Crippen LogP contribution in [0.25, 0.3) is 0 Å². The molecule has 0 saturated carbocycles. The third-order valence-electron chi connectivity index (χ3n) is 3.68. The second-order valence-corrected chi connectivity index (χ2v) is 5.54. The number of anilines is 2. The molecule has 2 heterocycles. The van der Waals surface area contributed by atoms with Gasteiger partial charge in [0, 0.05) is 11.8 Å². The zero-order valence-corrected chi connectivity index (χ0v) is 13.5. The van der Waals surface area contributed by atoms with Crippen LogP contribution in [0, 0.1) is 10.1 Å². The lowest BCUT2D eigenvalue weighted by atomic mass is 10.2. The average Bonchev–Trinajstić information content (AvgIpc) is 3.04. The highest BCUT2D eigenvalue weighted by atomic mass is 16.6. The Hall–Kier alpha value is -3.49. The van der Waals surface area contributed by atoms with E-state index >= 15 is 0 Å². The zero-order chi connectivity index (χ0) is 17.8. The van der Waals surface area contributed by atoms with Crippen molar-refractivity contribution < 1.29 is 4.92 Å². The Morgan fingerprint density at radius 3 is 2.76 bits per heavy atom. The largest absolute Gasteiger partial charge is 0.378 e. The molecule has 9 heteroatoms. The van der Waals surface area contributed by atoms with E-state index in [1.807, 2.05) is 48.1 Å². The van der Waals surface area contributed by atoms with Crippen molar-refractivity contribution in [3.05, 3.63) is 70.2 Å². The number of hydrogen-bond donors (Lipinski definition) is 2. The van der Waals surface area contributed by atoms with Crippen LogP contribution >= 0.6 is 0 Å². The molecule has 3 rings (SSSR count). The van der Waals surface area contributed by atoms with Gasteiger partial charge in [-0.1, -0.05) is 30.3 Å². The first kappa shape index (κ1) is 16.4. The summed E-state index contributed by atoms with van der Waals surface area (Å²) in [4.78, 5) is 18.0. The molecule has 3 N–H and O–H groups in total. The van der Waals surface area contributed by atoms with Crippen molar-refractivity contribution in [3.63, 3.8) is 0 Å². The fraction of sp³-hybridized carbons (Fsp3) is 0.188. The minimum Gasteiger partial charge on any atom is -0.378 e. The van der Waals surface area contributed by atoms with Gasteiger partial charge in [0.05, 0.1) is 23.7 Å². The molecule has 0 saturated heterocycles.